The highest BCUT2D eigenvalue weighted by Crippen LogP contribution is 2.07. The summed E-state index contributed by atoms with van der Waals surface area (Å²) in [5.74, 6) is -2.58. The smallest absolute Gasteiger partial charge is 0.326 e. The number of nitrogens with one attached hydrogen (secondary N) is 3. The van der Waals surface area contributed by atoms with Crippen LogP contribution in [0.5, 0.6) is 0 Å². The monoisotopic (exact) mass is 420 g/mol. The van der Waals surface area contributed by atoms with Crippen molar-refractivity contribution < 1.29 is 29.4 Å². The van der Waals surface area contributed by atoms with E-state index in [2.05, 4.69) is 16.0 Å². The van der Waals surface area contributed by atoms with E-state index in [1.165, 1.54) is 18.7 Å². The molecule has 0 aliphatic rings. The second-order valence-corrected chi connectivity index (χ2v) is 7.89. The van der Waals surface area contributed by atoms with E-state index in [1.54, 1.807) is 0 Å². The summed E-state index contributed by atoms with van der Waals surface area (Å²) in [6.07, 6.45) is 2.33. The zero-order valence-electron chi connectivity index (χ0n) is 16.7. The van der Waals surface area contributed by atoms with Crippen molar-refractivity contribution in [1.29, 1.82) is 0 Å². The molecule has 7 N–H and O–H groups in total. The van der Waals surface area contributed by atoms with E-state index < -0.39 is 54.5 Å². The van der Waals surface area contributed by atoms with Crippen molar-refractivity contribution in [3.05, 3.63) is 0 Å². The second kappa shape index (κ2) is 13.3. The topological polar surface area (TPSA) is 171 Å². The van der Waals surface area contributed by atoms with Gasteiger partial charge in [0.2, 0.25) is 17.7 Å². The van der Waals surface area contributed by atoms with E-state index in [1.807, 2.05) is 20.1 Å². The van der Waals surface area contributed by atoms with Crippen molar-refractivity contribution in [2.24, 2.45) is 11.7 Å². The summed E-state index contributed by atoms with van der Waals surface area (Å²) in [4.78, 5) is 48.0. The Hall–Kier alpha value is -1.85. The SMILES string of the molecule is CSCCC(NC(=O)C(CO)NC(=O)C(C)N)C(=O)NC(CC(C)C)C(=O)O. The highest BCUT2D eigenvalue weighted by molar-refractivity contribution is 7.98. The maximum absolute atomic E-state index is 12.6. The molecule has 0 aliphatic heterocycles. The molecule has 0 aliphatic carbocycles. The molecule has 0 rings (SSSR count). The predicted octanol–water partition coefficient (Wildman–Crippen LogP) is -1.34. The van der Waals surface area contributed by atoms with Gasteiger partial charge in [-0.2, -0.15) is 11.8 Å². The standard InChI is InChI=1S/C17H32N4O6S/c1-9(2)7-12(17(26)27)20-15(24)11(5-6-28-4)19-16(25)13(8-22)21-14(23)10(3)18/h9-13,22H,5-8,18H2,1-4H3,(H,19,25)(H,20,24)(H,21,23)(H,26,27). The van der Waals surface area contributed by atoms with Crippen molar-refractivity contribution in [2.45, 2.75) is 57.8 Å². The van der Waals surface area contributed by atoms with Crippen molar-refractivity contribution in [3.8, 4) is 0 Å². The first-order valence-corrected chi connectivity index (χ1v) is 10.4. The quantitative estimate of drug-likeness (QED) is 0.213. The van der Waals surface area contributed by atoms with Gasteiger partial charge in [-0.15, -0.1) is 0 Å². The number of carboxylic acids is 1. The first kappa shape index (κ1) is 26.1. The minimum absolute atomic E-state index is 0.0490. The average Bonchev–Trinajstić information content (AvgIpc) is 2.61. The summed E-state index contributed by atoms with van der Waals surface area (Å²) >= 11 is 1.46. The summed E-state index contributed by atoms with van der Waals surface area (Å²) in [6.45, 7) is 4.42. The maximum Gasteiger partial charge on any atom is 0.326 e. The molecular formula is C17H32N4O6S. The van der Waals surface area contributed by atoms with Gasteiger partial charge in [-0.05, 0) is 37.7 Å². The van der Waals surface area contributed by atoms with Crippen LogP contribution in [-0.2, 0) is 19.2 Å². The number of nitrogens with two attached hydrogens (primary N) is 1. The minimum atomic E-state index is -1.27. The van der Waals surface area contributed by atoms with E-state index in [0.29, 0.717) is 5.75 Å². The van der Waals surface area contributed by atoms with Crippen LogP contribution >= 0.6 is 11.8 Å². The third-order valence-electron chi connectivity index (χ3n) is 3.79. The third kappa shape index (κ3) is 9.90. The normalized spacial score (nSPS) is 15.2. The van der Waals surface area contributed by atoms with Crippen LogP contribution in [0.4, 0.5) is 0 Å². The zero-order valence-corrected chi connectivity index (χ0v) is 17.5. The largest absolute Gasteiger partial charge is 0.480 e. The van der Waals surface area contributed by atoms with E-state index in [9.17, 15) is 29.4 Å². The summed E-state index contributed by atoms with van der Waals surface area (Å²) < 4.78 is 0. The van der Waals surface area contributed by atoms with Crippen molar-refractivity contribution in [2.75, 3.05) is 18.6 Å². The third-order valence-corrected chi connectivity index (χ3v) is 4.44. The molecule has 0 saturated heterocycles. The molecule has 28 heavy (non-hydrogen) atoms. The van der Waals surface area contributed by atoms with Crippen LogP contribution in [0.15, 0.2) is 0 Å². The molecule has 0 bridgehead atoms. The number of rotatable bonds is 13. The lowest BCUT2D eigenvalue weighted by Gasteiger charge is -2.24. The van der Waals surface area contributed by atoms with Gasteiger partial charge in [0.1, 0.15) is 18.1 Å². The van der Waals surface area contributed by atoms with E-state index in [0.717, 1.165) is 0 Å². The van der Waals surface area contributed by atoms with Crippen molar-refractivity contribution in [3.63, 3.8) is 0 Å². The molecule has 10 nitrogen and oxygen atoms in total. The van der Waals surface area contributed by atoms with E-state index in [4.69, 9.17) is 5.73 Å². The molecule has 0 saturated carbocycles. The van der Waals surface area contributed by atoms with Crippen LogP contribution in [-0.4, -0.2) is 76.7 Å². The van der Waals surface area contributed by atoms with Gasteiger partial charge in [0.15, 0.2) is 0 Å². The number of carboxylic acid groups (broad SMARTS) is 1. The molecule has 4 unspecified atom stereocenters. The molecule has 0 spiro atoms. The molecule has 3 amide bonds. The zero-order chi connectivity index (χ0) is 21.9. The fourth-order valence-electron chi connectivity index (χ4n) is 2.24. The van der Waals surface area contributed by atoms with Crippen LogP contribution in [0.2, 0.25) is 0 Å². The van der Waals surface area contributed by atoms with Gasteiger partial charge in [-0.3, -0.25) is 14.4 Å². The average molecular weight is 421 g/mol. The maximum atomic E-state index is 12.6. The highest BCUT2D eigenvalue weighted by atomic mass is 32.2. The van der Waals surface area contributed by atoms with Gasteiger partial charge in [0.05, 0.1) is 12.6 Å². The Morgan fingerprint density at radius 3 is 1.86 bits per heavy atom. The molecule has 11 heteroatoms. The van der Waals surface area contributed by atoms with Crippen LogP contribution in [0.25, 0.3) is 0 Å². The number of amides is 3. The minimum Gasteiger partial charge on any atom is -0.480 e. The fourth-order valence-corrected chi connectivity index (χ4v) is 2.71. The van der Waals surface area contributed by atoms with E-state index in [-0.39, 0.29) is 18.8 Å². The lowest BCUT2D eigenvalue weighted by Crippen LogP contribution is -2.58. The molecule has 4 atom stereocenters. The van der Waals surface area contributed by atoms with Crippen LogP contribution < -0.4 is 21.7 Å². The van der Waals surface area contributed by atoms with Gasteiger partial charge in [0.25, 0.3) is 0 Å². The highest BCUT2D eigenvalue weighted by Gasteiger charge is 2.29. The molecule has 0 aromatic rings. The number of carbonyl (C=O) groups excluding carboxylic acids is 3. The Kier molecular flexibility index (Phi) is 12.5. The lowest BCUT2D eigenvalue weighted by atomic mass is 10.0. The summed E-state index contributed by atoms with van der Waals surface area (Å²) in [5, 5.41) is 25.9. The number of aliphatic hydroxyl groups excluding tert-OH is 1. The number of thioether (sulfide) groups is 1. The van der Waals surface area contributed by atoms with Gasteiger partial charge < -0.3 is 31.9 Å². The lowest BCUT2D eigenvalue weighted by molar-refractivity contribution is -0.142. The Labute approximate surface area is 169 Å². The number of carbonyl (C=O) groups is 4. The number of hydrogen-bond donors (Lipinski definition) is 6. The predicted molar refractivity (Wildman–Crippen MR) is 107 cm³/mol. The van der Waals surface area contributed by atoms with Crippen LogP contribution in [0.3, 0.4) is 0 Å². The van der Waals surface area contributed by atoms with Gasteiger partial charge >= 0.3 is 5.97 Å². The Balaban J connectivity index is 5.17. The van der Waals surface area contributed by atoms with Crippen LogP contribution in [0, 0.1) is 5.92 Å². The summed E-state index contributed by atoms with van der Waals surface area (Å²) in [6, 6.07) is -4.22. The van der Waals surface area contributed by atoms with Gasteiger partial charge in [-0.25, -0.2) is 4.79 Å². The van der Waals surface area contributed by atoms with Crippen LogP contribution in [0.1, 0.15) is 33.6 Å². The van der Waals surface area contributed by atoms with Crippen molar-refractivity contribution >= 4 is 35.5 Å². The van der Waals surface area contributed by atoms with Gasteiger partial charge in [-0.1, -0.05) is 13.8 Å². The van der Waals surface area contributed by atoms with Gasteiger partial charge in [0, 0.05) is 0 Å². The number of aliphatic carboxylic acids is 1. The Morgan fingerprint density at radius 1 is 0.929 bits per heavy atom. The molecule has 162 valence electrons. The number of hydrogen-bond acceptors (Lipinski definition) is 7. The Bertz CT molecular complexity index is 544. The first-order valence-electron chi connectivity index (χ1n) is 9.02. The second-order valence-electron chi connectivity index (χ2n) is 6.90. The summed E-state index contributed by atoms with van der Waals surface area (Å²) in [5.41, 5.74) is 5.43. The van der Waals surface area contributed by atoms with E-state index >= 15 is 0 Å². The molecule has 0 radical (unpaired) electrons. The fraction of sp³-hybridized carbons (Fsp3) is 0.765. The molecule has 0 heterocycles. The molecule has 0 aromatic carbocycles. The van der Waals surface area contributed by atoms with Crippen molar-refractivity contribution in [1.82, 2.24) is 16.0 Å². The molecule has 0 aromatic heterocycles. The number of aliphatic hydroxyl groups is 1. The Morgan fingerprint density at radius 2 is 1.43 bits per heavy atom. The molecular weight excluding hydrogens is 388 g/mol. The molecule has 0 fully saturated rings. The first-order chi connectivity index (χ1) is 13.0. The summed E-state index contributed by atoms with van der Waals surface area (Å²) in [7, 11) is 0.